The first-order valence-electron chi connectivity index (χ1n) is 5.05. The fourth-order valence-electron chi connectivity index (χ4n) is 1.21. The molecule has 4 nitrogen and oxygen atoms in total. The normalized spacial score (nSPS) is 11.6. The van der Waals surface area contributed by atoms with Crippen molar-refractivity contribution in [2.45, 2.75) is 19.4 Å². The third-order valence-corrected chi connectivity index (χ3v) is 2.04. The van der Waals surface area contributed by atoms with Crippen LogP contribution in [0.1, 0.15) is 18.1 Å². The summed E-state index contributed by atoms with van der Waals surface area (Å²) in [7, 11) is 0. The number of rotatable bonds is 4. The second-order valence-corrected chi connectivity index (χ2v) is 3.64. The van der Waals surface area contributed by atoms with Gasteiger partial charge in [0.1, 0.15) is 0 Å². The van der Waals surface area contributed by atoms with E-state index in [0.717, 1.165) is 5.56 Å². The van der Waals surface area contributed by atoms with Gasteiger partial charge in [0.15, 0.2) is 0 Å². The highest BCUT2D eigenvalue weighted by Crippen LogP contribution is 2.03. The summed E-state index contributed by atoms with van der Waals surface area (Å²) in [4.78, 5) is 11.4. The Morgan fingerprint density at radius 1 is 1.50 bits per heavy atom. The smallest absolute Gasteiger partial charge is 0.224 e. The largest absolute Gasteiger partial charge is 0.392 e. The number of hydrogen-bond donors (Lipinski definition) is 2. The van der Waals surface area contributed by atoms with Crippen molar-refractivity contribution in [3.63, 3.8) is 0 Å². The van der Waals surface area contributed by atoms with E-state index in [2.05, 4.69) is 5.32 Å². The van der Waals surface area contributed by atoms with Gasteiger partial charge in [-0.15, -0.1) is 0 Å². The van der Waals surface area contributed by atoms with Crippen molar-refractivity contribution in [1.82, 2.24) is 5.32 Å². The van der Waals surface area contributed by atoms with E-state index in [1.165, 1.54) is 0 Å². The Bertz CT molecular complexity index is 390. The number of aliphatic hydroxyl groups is 1. The van der Waals surface area contributed by atoms with Crippen LogP contribution in [0.4, 0.5) is 0 Å². The number of nitriles is 1. The summed E-state index contributed by atoms with van der Waals surface area (Å²) in [5.41, 5.74) is 1.43. The lowest BCUT2D eigenvalue weighted by molar-refractivity contribution is -0.120. The van der Waals surface area contributed by atoms with Gasteiger partial charge >= 0.3 is 0 Å². The van der Waals surface area contributed by atoms with Crippen LogP contribution >= 0.6 is 0 Å². The molecule has 0 saturated carbocycles. The zero-order valence-electron chi connectivity index (χ0n) is 9.10. The van der Waals surface area contributed by atoms with Crippen LogP contribution < -0.4 is 5.32 Å². The van der Waals surface area contributed by atoms with Crippen molar-refractivity contribution in [2.24, 2.45) is 0 Å². The molecule has 0 aliphatic carbocycles. The number of nitrogens with one attached hydrogen (secondary N) is 1. The summed E-state index contributed by atoms with van der Waals surface area (Å²) in [6, 6.07) is 8.87. The highest BCUT2D eigenvalue weighted by atomic mass is 16.3. The first-order valence-corrected chi connectivity index (χ1v) is 5.05. The summed E-state index contributed by atoms with van der Waals surface area (Å²) >= 11 is 0. The van der Waals surface area contributed by atoms with Gasteiger partial charge < -0.3 is 10.4 Å². The predicted molar refractivity (Wildman–Crippen MR) is 59.6 cm³/mol. The molecule has 2 N–H and O–H groups in total. The molecule has 0 aliphatic rings. The lowest BCUT2D eigenvalue weighted by Gasteiger charge is -2.06. The third-order valence-electron chi connectivity index (χ3n) is 2.04. The van der Waals surface area contributed by atoms with Crippen LogP contribution in [-0.4, -0.2) is 23.7 Å². The summed E-state index contributed by atoms with van der Waals surface area (Å²) in [5, 5.41) is 20.2. The molecule has 0 fully saturated rings. The van der Waals surface area contributed by atoms with E-state index in [1.54, 1.807) is 31.2 Å². The Balaban J connectivity index is 2.47. The van der Waals surface area contributed by atoms with Gasteiger partial charge in [0.05, 0.1) is 24.2 Å². The topological polar surface area (TPSA) is 73.1 Å². The molecule has 1 amide bonds. The summed E-state index contributed by atoms with van der Waals surface area (Å²) in [6.07, 6.45) is -0.275. The molecule has 84 valence electrons. The monoisotopic (exact) mass is 218 g/mol. The van der Waals surface area contributed by atoms with Crippen molar-refractivity contribution in [3.8, 4) is 6.07 Å². The Morgan fingerprint density at radius 3 is 2.62 bits per heavy atom. The van der Waals surface area contributed by atoms with Gasteiger partial charge in [-0.2, -0.15) is 5.26 Å². The highest BCUT2D eigenvalue weighted by Gasteiger charge is 2.04. The zero-order valence-corrected chi connectivity index (χ0v) is 9.10. The molecule has 4 heteroatoms. The molecule has 0 bridgehead atoms. The van der Waals surface area contributed by atoms with Crippen LogP contribution in [0.15, 0.2) is 24.3 Å². The van der Waals surface area contributed by atoms with Gasteiger partial charge in [-0.3, -0.25) is 4.79 Å². The second-order valence-electron chi connectivity index (χ2n) is 3.64. The second kappa shape index (κ2) is 5.89. The average Bonchev–Trinajstić information content (AvgIpc) is 2.27. The molecular weight excluding hydrogens is 204 g/mol. The Labute approximate surface area is 94.5 Å². The van der Waals surface area contributed by atoms with Crippen molar-refractivity contribution in [1.29, 1.82) is 5.26 Å². The molecule has 0 unspecified atom stereocenters. The molecule has 0 spiro atoms. The molecule has 1 aromatic carbocycles. The lowest BCUT2D eigenvalue weighted by Crippen LogP contribution is -2.31. The Morgan fingerprint density at radius 2 is 2.12 bits per heavy atom. The van der Waals surface area contributed by atoms with Crippen LogP contribution in [0.2, 0.25) is 0 Å². The van der Waals surface area contributed by atoms with Crippen LogP contribution in [-0.2, 0) is 11.2 Å². The number of hydrogen-bond acceptors (Lipinski definition) is 3. The molecular formula is C12H14N2O2. The first-order chi connectivity index (χ1) is 7.61. The minimum Gasteiger partial charge on any atom is -0.392 e. The van der Waals surface area contributed by atoms with Gasteiger partial charge in [0.2, 0.25) is 5.91 Å². The minimum absolute atomic E-state index is 0.134. The number of benzene rings is 1. The van der Waals surface area contributed by atoms with E-state index in [-0.39, 0.29) is 18.9 Å². The van der Waals surface area contributed by atoms with Crippen LogP contribution in [0.3, 0.4) is 0 Å². The number of nitrogens with zero attached hydrogens (tertiary/aromatic N) is 1. The molecule has 1 rings (SSSR count). The van der Waals surface area contributed by atoms with Crippen molar-refractivity contribution >= 4 is 5.91 Å². The zero-order chi connectivity index (χ0) is 12.0. The fourth-order valence-corrected chi connectivity index (χ4v) is 1.21. The van der Waals surface area contributed by atoms with Crippen LogP contribution in [0, 0.1) is 11.3 Å². The number of amides is 1. The quantitative estimate of drug-likeness (QED) is 0.777. The lowest BCUT2D eigenvalue weighted by atomic mass is 10.1. The summed E-state index contributed by atoms with van der Waals surface area (Å²) in [6.45, 7) is 1.87. The molecule has 0 radical (unpaired) electrons. The number of aliphatic hydroxyl groups excluding tert-OH is 1. The molecule has 1 atom stereocenters. The maximum Gasteiger partial charge on any atom is 0.224 e. The van der Waals surface area contributed by atoms with E-state index in [1.807, 2.05) is 6.07 Å². The maximum absolute atomic E-state index is 11.4. The molecule has 0 aromatic heterocycles. The predicted octanol–water partition coefficient (Wildman–Crippen LogP) is 0.598. The van der Waals surface area contributed by atoms with Gasteiger partial charge in [-0.05, 0) is 24.6 Å². The molecule has 0 saturated heterocycles. The SMILES string of the molecule is C[C@H](O)CNC(=O)Cc1ccc(C#N)cc1. The molecule has 0 heterocycles. The van der Waals surface area contributed by atoms with E-state index in [0.29, 0.717) is 5.56 Å². The van der Waals surface area contributed by atoms with Gasteiger partial charge in [0.25, 0.3) is 0 Å². The Hall–Kier alpha value is -1.86. The molecule has 1 aromatic rings. The average molecular weight is 218 g/mol. The van der Waals surface area contributed by atoms with Gasteiger partial charge in [-0.25, -0.2) is 0 Å². The number of carbonyl (C=O) groups excluding carboxylic acids is 1. The maximum atomic E-state index is 11.4. The standard InChI is InChI=1S/C12H14N2O2/c1-9(15)8-14-12(16)6-10-2-4-11(7-13)5-3-10/h2-5,9,15H,6,8H2,1H3,(H,14,16)/t9-/m0/s1. The fraction of sp³-hybridized carbons (Fsp3) is 0.333. The summed E-state index contributed by atoms with van der Waals surface area (Å²) in [5.74, 6) is -0.134. The van der Waals surface area contributed by atoms with Crippen molar-refractivity contribution in [3.05, 3.63) is 35.4 Å². The van der Waals surface area contributed by atoms with Gasteiger partial charge in [-0.1, -0.05) is 12.1 Å². The van der Waals surface area contributed by atoms with Gasteiger partial charge in [0, 0.05) is 6.54 Å². The molecule has 0 aliphatic heterocycles. The van der Waals surface area contributed by atoms with E-state index in [9.17, 15) is 4.79 Å². The van der Waals surface area contributed by atoms with E-state index < -0.39 is 6.10 Å². The number of carbonyl (C=O) groups is 1. The Kier molecular flexibility index (Phi) is 4.49. The van der Waals surface area contributed by atoms with Crippen molar-refractivity contribution in [2.75, 3.05) is 6.54 Å². The highest BCUT2D eigenvalue weighted by molar-refractivity contribution is 5.78. The first kappa shape index (κ1) is 12.2. The third kappa shape index (κ3) is 4.11. The van der Waals surface area contributed by atoms with Crippen LogP contribution in [0.25, 0.3) is 0 Å². The summed E-state index contributed by atoms with van der Waals surface area (Å²) < 4.78 is 0. The molecule has 16 heavy (non-hydrogen) atoms. The van der Waals surface area contributed by atoms with E-state index in [4.69, 9.17) is 10.4 Å². The van der Waals surface area contributed by atoms with Crippen molar-refractivity contribution < 1.29 is 9.90 Å². The van der Waals surface area contributed by atoms with Crippen LogP contribution in [0.5, 0.6) is 0 Å². The minimum atomic E-state index is -0.537. The van der Waals surface area contributed by atoms with E-state index >= 15 is 0 Å².